The Hall–Kier alpha value is -2.80. The molecule has 7 nitrogen and oxygen atoms in total. The summed E-state index contributed by atoms with van der Waals surface area (Å²) >= 11 is 5.93. The number of hydrogen-bond acceptors (Lipinski definition) is 4. The Morgan fingerprint density at radius 3 is 2.84 bits per heavy atom. The number of benzene rings is 1. The van der Waals surface area contributed by atoms with Crippen molar-refractivity contribution in [1.29, 1.82) is 0 Å². The van der Waals surface area contributed by atoms with Crippen LogP contribution in [-0.2, 0) is 11.8 Å². The number of rotatable bonds is 3. The molecule has 0 saturated heterocycles. The van der Waals surface area contributed by atoms with Crippen molar-refractivity contribution in [2.75, 3.05) is 5.32 Å². The van der Waals surface area contributed by atoms with Crippen LogP contribution < -0.4 is 10.1 Å². The fraction of sp³-hybridized carbons (Fsp3) is 0.235. The lowest BCUT2D eigenvalue weighted by Gasteiger charge is -2.22. The van der Waals surface area contributed by atoms with Crippen molar-refractivity contribution in [3.05, 3.63) is 52.3 Å². The quantitative estimate of drug-likeness (QED) is 0.752. The third kappa shape index (κ3) is 2.76. The Bertz CT molecular complexity index is 945. The fourth-order valence-corrected chi connectivity index (χ4v) is 3.32. The Labute approximate surface area is 148 Å². The van der Waals surface area contributed by atoms with Gasteiger partial charge in [-0.25, -0.2) is 4.68 Å². The van der Waals surface area contributed by atoms with Crippen LogP contribution in [0.25, 0.3) is 0 Å². The lowest BCUT2D eigenvalue weighted by Crippen LogP contribution is -2.23. The van der Waals surface area contributed by atoms with Crippen molar-refractivity contribution in [3.63, 3.8) is 0 Å². The van der Waals surface area contributed by atoms with Gasteiger partial charge in [-0.15, -0.1) is 0 Å². The Kier molecular flexibility index (Phi) is 3.73. The first-order valence-corrected chi connectivity index (χ1v) is 8.20. The zero-order valence-corrected chi connectivity index (χ0v) is 14.5. The number of aryl methyl sites for hydroxylation is 2. The van der Waals surface area contributed by atoms with Gasteiger partial charge in [-0.1, -0.05) is 11.6 Å². The van der Waals surface area contributed by atoms with E-state index in [0.29, 0.717) is 28.9 Å². The third-order valence-corrected chi connectivity index (χ3v) is 4.54. The number of carbonyl (C=O) groups excluding carboxylic acids is 1. The number of halogens is 1. The van der Waals surface area contributed by atoms with Crippen molar-refractivity contribution in [3.8, 4) is 11.6 Å². The maximum Gasteiger partial charge on any atom is 0.226 e. The van der Waals surface area contributed by atoms with Crippen LogP contribution in [0.2, 0.25) is 5.02 Å². The Balaban J connectivity index is 1.78. The van der Waals surface area contributed by atoms with Crippen molar-refractivity contribution < 1.29 is 9.53 Å². The van der Waals surface area contributed by atoms with E-state index in [2.05, 4.69) is 20.6 Å². The van der Waals surface area contributed by atoms with Crippen LogP contribution in [-0.4, -0.2) is 25.9 Å². The van der Waals surface area contributed by atoms with E-state index in [1.807, 2.05) is 14.0 Å². The van der Waals surface area contributed by atoms with Crippen molar-refractivity contribution in [1.82, 2.24) is 20.0 Å². The van der Waals surface area contributed by atoms with E-state index in [-0.39, 0.29) is 11.8 Å². The van der Waals surface area contributed by atoms with Gasteiger partial charge in [0.1, 0.15) is 11.6 Å². The van der Waals surface area contributed by atoms with Gasteiger partial charge >= 0.3 is 0 Å². The summed E-state index contributed by atoms with van der Waals surface area (Å²) in [5.41, 5.74) is 2.63. The van der Waals surface area contributed by atoms with E-state index < -0.39 is 0 Å². The average Bonchev–Trinajstić information content (AvgIpc) is 3.13. The number of aromatic amines is 1. The van der Waals surface area contributed by atoms with Crippen LogP contribution in [0.3, 0.4) is 0 Å². The highest BCUT2D eigenvalue weighted by atomic mass is 35.5. The number of ether oxygens (including phenoxy) is 1. The highest BCUT2D eigenvalue weighted by molar-refractivity contribution is 6.30. The second-order valence-corrected chi connectivity index (χ2v) is 6.43. The maximum absolute atomic E-state index is 12.1. The number of nitrogens with one attached hydrogen (secondary N) is 2. The van der Waals surface area contributed by atoms with Crippen LogP contribution in [0, 0.1) is 6.92 Å². The van der Waals surface area contributed by atoms with Gasteiger partial charge in [0.2, 0.25) is 11.8 Å². The molecule has 1 aliphatic heterocycles. The topological polar surface area (TPSA) is 84.8 Å². The molecule has 0 bridgehead atoms. The zero-order chi connectivity index (χ0) is 17.6. The van der Waals surface area contributed by atoms with E-state index in [1.54, 1.807) is 35.1 Å². The number of fused-ring (bicyclic) bond motifs is 1. The maximum atomic E-state index is 12.1. The molecule has 25 heavy (non-hydrogen) atoms. The van der Waals surface area contributed by atoms with Crippen LogP contribution >= 0.6 is 11.6 Å². The molecule has 0 aliphatic carbocycles. The van der Waals surface area contributed by atoms with E-state index in [9.17, 15) is 4.79 Å². The molecule has 0 spiro atoms. The van der Waals surface area contributed by atoms with Crippen molar-refractivity contribution >= 4 is 23.3 Å². The molecule has 128 valence electrons. The number of nitrogens with zero attached hydrogens (tertiary/aromatic N) is 3. The van der Waals surface area contributed by atoms with Crippen LogP contribution in [0.1, 0.15) is 29.2 Å². The molecule has 1 amide bonds. The second-order valence-electron chi connectivity index (χ2n) is 5.99. The SMILES string of the molecule is Cc1nn(C)c(Oc2ccc(Cl)cc2)c1C1CC(=O)Nc2[nH]ncc21. The van der Waals surface area contributed by atoms with Crippen LogP contribution in [0.4, 0.5) is 5.82 Å². The van der Waals surface area contributed by atoms with Crippen molar-refractivity contribution in [2.45, 2.75) is 19.3 Å². The molecule has 0 fully saturated rings. The molecule has 4 rings (SSSR count). The molecular weight excluding hydrogens is 342 g/mol. The predicted molar refractivity (Wildman–Crippen MR) is 93.1 cm³/mol. The highest BCUT2D eigenvalue weighted by Crippen LogP contribution is 2.42. The molecule has 2 N–H and O–H groups in total. The molecule has 0 saturated carbocycles. The minimum atomic E-state index is -0.168. The van der Waals surface area contributed by atoms with Gasteiger partial charge in [0.15, 0.2) is 0 Å². The predicted octanol–water partition coefficient (Wildman–Crippen LogP) is 3.37. The summed E-state index contributed by atoms with van der Waals surface area (Å²) in [5.74, 6) is 1.65. The molecule has 1 atom stereocenters. The first-order chi connectivity index (χ1) is 12.0. The van der Waals surface area contributed by atoms with Gasteiger partial charge < -0.3 is 10.1 Å². The van der Waals surface area contributed by atoms with Gasteiger partial charge in [0.25, 0.3) is 0 Å². The largest absolute Gasteiger partial charge is 0.439 e. The average molecular weight is 358 g/mol. The number of aromatic nitrogens is 4. The number of H-pyrrole nitrogens is 1. The highest BCUT2D eigenvalue weighted by Gasteiger charge is 2.33. The summed E-state index contributed by atoms with van der Waals surface area (Å²) in [6.45, 7) is 1.91. The molecule has 3 aromatic rings. The summed E-state index contributed by atoms with van der Waals surface area (Å²) in [7, 11) is 1.82. The third-order valence-electron chi connectivity index (χ3n) is 4.29. The number of carbonyl (C=O) groups is 1. The molecular formula is C17H16ClN5O2. The number of anilines is 1. The molecule has 2 aromatic heterocycles. The van der Waals surface area contributed by atoms with Crippen LogP contribution in [0.5, 0.6) is 11.6 Å². The van der Waals surface area contributed by atoms with Gasteiger partial charge in [-0.05, 0) is 31.2 Å². The minimum absolute atomic E-state index is 0.0672. The summed E-state index contributed by atoms with van der Waals surface area (Å²) in [4.78, 5) is 12.1. The van der Waals surface area contributed by atoms with Gasteiger partial charge in [0, 0.05) is 35.5 Å². The standard InChI is InChI=1S/C17H16ClN5O2/c1-9-15(12-7-14(24)20-16-13(12)8-19-21-16)17(23(2)22-9)25-11-5-3-10(18)4-6-11/h3-6,8,12H,7H2,1-2H3,(H2,19,20,21,24). The molecule has 1 unspecified atom stereocenters. The summed E-state index contributed by atoms with van der Waals surface area (Å²) in [5, 5.41) is 14.8. The zero-order valence-electron chi connectivity index (χ0n) is 13.7. The van der Waals surface area contributed by atoms with Gasteiger partial charge in [0.05, 0.1) is 11.9 Å². The summed E-state index contributed by atoms with van der Waals surface area (Å²) in [6, 6.07) is 7.13. The Morgan fingerprint density at radius 2 is 2.08 bits per heavy atom. The van der Waals surface area contributed by atoms with Gasteiger partial charge in [-0.3, -0.25) is 9.89 Å². The molecule has 3 heterocycles. The molecule has 1 aliphatic rings. The smallest absolute Gasteiger partial charge is 0.226 e. The Morgan fingerprint density at radius 1 is 1.32 bits per heavy atom. The molecule has 1 aromatic carbocycles. The van der Waals surface area contributed by atoms with E-state index in [1.165, 1.54) is 0 Å². The lowest BCUT2D eigenvalue weighted by atomic mass is 9.87. The summed E-state index contributed by atoms with van der Waals surface area (Å²) < 4.78 is 7.76. The molecule has 0 radical (unpaired) electrons. The van der Waals surface area contributed by atoms with Crippen molar-refractivity contribution in [2.24, 2.45) is 7.05 Å². The monoisotopic (exact) mass is 357 g/mol. The first kappa shape index (κ1) is 15.7. The first-order valence-electron chi connectivity index (χ1n) is 7.83. The fourth-order valence-electron chi connectivity index (χ4n) is 3.19. The second kappa shape index (κ2) is 5.93. The normalized spacial score (nSPS) is 16.4. The van der Waals surface area contributed by atoms with Crippen LogP contribution in [0.15, 0.2) is 30.5 Å². The van der Waals surface area contributed by atoms with E-state index >= 15 is 0 Å². The number of amides is 1. The number of hydrogen-bond donors (Lipinski definition) is 2. The minimum Gasteiger partial charge on any atom is -0.439 e. The summed E-state index contributed by atoms with van der Waals surface area (Å²) in [6.07, 6.45) is 2.05. The van der Waals surface area contributed by atoms with E-state index in [0.717, 1.165) is 16.8 Å². The van der Waals surface area contributed by atoms with E-state index in [4.69, 9.17) is 16.3 Å². The van der Waals surface area contributed by atoms with Gasteiger partial charge in [-0.2, -0.15) is 10.2 Å². The molecule has 8 heteroatoms. The lowest BCUT2D eigenvalue weighted by molar-refractivity contribution is -0.116.